The van der Waals surface area contributed by atoms with Crippen molar-refractivity contribution in [3.8, 4) is 22.7 Å². The van der Waals surface area contributed by atoms with E-state index in [1.807, 2.05) is 12.1 Å². The Morgan fingerprint density at radius 1 is 1.15 bits per heavy atom. The van der Waals surface area contributed by atoms with Crippen molar-refractivity contribution in [2.45, 2.75) is 0 Å². The van der Waals surface area contributed by atoms with Crippen molar-refractivity contribution in [2.75, 3.05) is 5.73 Å². The molecule has 0 saturated carbocycles. The highest BCUT2D eigenvalue weighted by Gasteiger charge is 2.10. The van der Waals surface area contributed by atoms with Crippen molar-refractivity contribution in [3.63, 3.8) is 0 Å². The van der Waals surface area contributed by atoms with Crippen LogP contribution in [0.4, 0.5) is 5.69 Å². The maximum atomic E-state index is 9.86. The smallest absolute Gasteiger partial charge is 0.125 e. The van der Waals surface area contributed by atoms with Gasteiger partial charge in [0, 0.05) is 16.3 Å². The summed E-state index contributed by atoms with van der Waals surface area (Å²) in [5.74, 6) is 0.106. The first-order chi connectivity index (χ1) is 9.63. The molecule has 6 heteroatoms. The molecule has 0 unspecified atom stereocenters. The Kier molecular flexibility index (Phi) is 3.04. The van der Waals surface area contributed by atoms with Crippen molar-refractivity contribution in [3.05, 3.63) is 53.7 Å². The molecule has 5 nitrogen and oxygen atoms in total. The Morgan fingerprint density at radius 3 is 2.80 bits per heavy atom. The van der Waals surface area contributed by atoms with E-state index in [2.05, 4.69) is 10.3 Å². The van der Waals surface area contributed by atoms with Gasteiger partial charge in [0.15, 0.2) is 0 Å². The summed E-state index contributed by atoms with van der Waals surface area (Å²) in [6.45, 7) is 0. The van der Waals surface area contributed by atoms with Crippen LogP contribution in [0.2, 0.25) is 5.02 Å². The molecule has 100 valence electrons. The maximum absolute atomic E-state index is 9.86. The Bertz CT molecular complexity index is 769. The fourth-order valence-corrected chi connectivity index (χ4v) is 2.07. The lowest BCUT2D eigenvalue weighted by atomic mass is 10.1. The van der Waals surface area contributed by atoms with Gasteiger partial charge in [-0.25, -0.2) is 4.68 Å². The van der Waals surface area contributed by atoms with E-state index >= 15 is 0 Å². The second kappa shape index (κ2) is 4.86. The van der Waals surface area contributed by atoms with E-state index < -0.39 is 0 Å². The molecule has 0 aliphatic rings. The first kappa shape index (κ1) is 12.5. The highest BCUT2D eigenvalue weighted by molar-refractivity contribution is 6.30. The highest BCUT2D eigenvalue weighted by Crippen LogP contribution is 2.30. The molecule has 0 bridgehead atoms. The van der Waals surface area contributed by atoms with E-state index in [9.17, 15) is 5.11 Å². The number of phenolic OH excluding ortho intramolecular Hbond substituents is 1. The minimum absolute atomic E-state index is 0.106. The molecule has 20 heavy (non-hydrogen) atoms. The van der Waals surface area contributed by atoms with Crippen LogP contribution in [0.25, 0.3) is 16.9 Å². The number of anilines is 1. The van der Waals surface area contributed by atoms with E-state index in [-0.39, 0.29) is 5.75 Å². The first-order valence-corrected chi connectivity index (χ1v) is 6.28. The third-order valence-corrected chi connectivity index (χ3v) is 3.10. The molecule has 0 amide bonds. The second-order valence-corrected chi connectivity index (χ2v) is 4.74. The maximum Gasteiger partial charge on any atom is 0.125 e. The lowest BCUT2D eigenvalue weighted by Crippen LogP contribution is -1.95. The largest absolute Gasteiger partial charge is 0.507 e. The Hall–Kier alpha value is -2.53. The van der Waals surface area contributed by atoms with Crippen molar-refractivity contribution in [1.82, 2.24) is 15.0 Å². The van der Waals surface area contributed by atoms with Crippen LogP contribution in [0, 0.1) is 0 Å². The van der Waals surface area contributed by atoms with Crippen LogP contribution >= 0.6 is 11.6 Å². The topological polar surface area (TPSA) is 77.0 Å². The Labute approximate surface area is 120 Å². The normalized spacial score (nSPS) is 10.7. The van der Waals surface area contributed by atoms with Crippen molar-refractivity contribution < 1.29 is 5.11 Å². The van der Waals surface area contributed by atoms with Gasteiger partial charge in [-0.15, -0.1) is 5.10 Å². The van der Waals surface area contributed by atoms with Gasteiger partial charge in [-0.05, 0) is 36.4 Å². The van der Waals surface area contributed by atoms with Gasteiger partial charge in [0.1, 0.15) is 11.4 Å². The number of nitrogens with zero attached hydrogens (tertiary/aromatic N) is 3. The Morgan fingerprint density at radius 2 is 2.00 bits per heavy atom. The van der Waals surface area contributed by atoms with Crippen LogP contribution in [0.1, 0.15) is 0 Å². The van der Waals surface area contributed by atoms with E-state index in [4.69, 9.17) is 17.3 Å². The number of phenols is 1. The van der Waals surface area contributed by atoms with Gasteiger partial charge in [-0.2, -0.15) is 0 Å². The number of hydrogen-bond acceptors (Lipinski definition) is 4. The van der Waals surface area contributed by atoms with Gasteiger partial charge in [-0.1, -0.05) is 22.9 Å². The molecule has 0 saturated heterocycles. The molecule has 0 atom stereocenters. The quantitative estimate of drug-likeness (QED) is 0.710. The monoisotopic (exact) mass is 286 g/mol. The van der Waals surface area contributed by atoms with E-state index in [0.29, 0.717) is 22.0 Å². The molecule has 3 aromatic rings. The lowest BCUT2D eigenvalue weighted by molar-refractivity contribution is 0.477. The molecule has 1 heterocycles. The molecule has 2 aromatic carbocycles. The predicted molar refractivity (Wildman–Crippen MR) is 77.9 cm³/mol. The van der Waals surface area contributed by atoms with E-state index in [1.54, 1.807) is 35.1 Å². The predicted octanol–water partition coefficient (Wildman–Crippen LogP) is 2.88. The zero-order chi connectivity index (χ0) is 14.1. The van der Waals surface area contributed by atoms with Gasteiger partial charge in [0.05, 0.1) is 11.9 Å². The van der Waals surface area contributed by atoms with Crippen molar-refractivity contribution >= 4 is 17.3 Å². The lowest BCUT2D eigenvalue weighted by Gasteiger charge is -2.01. The third-order valence-electron chi connectivity index (χ3n) is 2.86. The van der Waals surface area contributed by atoms with Gasteiger partial charge in [0.25, 0.3) is 0 Å². The van der Waals surface area contributed by atoms with E-state index in [0.717, 1.165) is 5.69 Å². The second-order valence-electron chi connectivity index (χ2n) is 4.30. The number of nitrogens with two attached hydrogens (primary N) is 1. The number of hydrogen-bond donors (Lipinski definition) is 2. The molecule has 0 fully saturated rings. The number of aromatic hydroxyl groups is 1. The van der Waals surface area contributed by atoms with Crippen molar-refractivity contribution in [1.29, 1.82) is 0 Å². The standard InChI is InChI=1S/C14H11ClN4O/c15-9-4-5-14(20)12(6-9)13-8-19(18-17-13)11-3-1-2-10(16)7-11/h1-8,20H,16H2. The van der Waals surface area contributed by atoms with Crippen LogP contribution in [0.3, 0.4) is 0 Å². The van der Waals surface area contributed by atoms with Gasteiger partial charge in [0.2, 0.25) is 0 Å². The van der Waals surface area contributed by atoms with Crippen LogP contribution in [-0.2, 0) is 0 Å². The molecule has 3 rings (SSSR count). The number of benzene rings is 2. The number of nitrogen functional groups attached to an aromatic ring is 1. The molecule has 0 spiro atoms. The summed E-state index contributed by atoms with van der Waals surface area (Å²) < 4.78 is 1.59. The molecule has 3 N–H and O–H groups in total. The van der Waals surface area contributed by atoms with Crippen LogP contribution in [0.5, 0.6) is 5.75 Å². The third kappa shape index (κ3) is 2.31. The van der Waals surface area contributed by atoms with Crippen LogP contribution in [-0.4, -0.2) is 20.1 Å². The SMILES string of the molecule is Nc1cccc(-n2cc(-c3cc(Cl)ccc3O)nn2)c1. The number of halogens is 1. The minimum Gasteiger partial charge on any atom is -0.507 e. The first-order valence-electron chi connectivity index (χ1n) is 5.90. The molecule has 1 aromatic heterocycles. The van der Waals surface area contributed by atoms with Gasteiger partial charge >= 0.3 is 0 Å². The minimum atomic E-state index is 0.106. The zero-order valence-electron chi connectivity index (χ0n) is 10.4. The zero-order valence-corrected chi connectivity index (χ0v) is 11.1. The molecule has 0 radical (unpaired) electrons. The summed E-state index contributed by atoms with van der Waals surface area (Å²) in [4.78, 5) is 0. The molecule has 0 aliphatic carbocycles. The molecule has 0 aliphatic heterocycles. The van der Waals surface area contributed by atoms with E-state index in [1.165, 1.54) is 6.07 Å². The summed E-state index contributed by atoms with van der Waals surface area (Å²) in [6.07, 6.45) is 1.71. The van der Waals surface area contributed by atoms with Gasteiger partial charge < -0.3 is 10.8 Å². The van der Waals surface area contributed by atoms with Crippen LogP contribution < -0.4 is 5.73 Å². The number of rotatable bonds is 2. The average molecular weight is 287 g/mol. The molecular formula is C14H11ClN4O. The average Bonchev–Trinajstić information content (AvgIpc) is 2.91. The highest BCUT2D eigenvalue weighted by atomic mass is 35.5. The molecular weight excluding hydrogens is 276 g/mol. The Balaban J connectivity index is 2.04. The summed E-state index contributed by atoms with van der Waals surface area (Å²) in [6, 6.07) is 12.1. The van der Waals surface area contributed by atoms with Crippen molar-refractivity contribution in [2.24, 2.45) is 0 Å². The fraction of sp³-hybridized carbons (Fsp3) is 0. The number of aromatic nitrogens is 3. The summed E-state index contributed by atoms with van der Waals surface area (Å²) in [7, 11) is 0. The summed E-state index contributed by atoms with van der Waals surface area (Å²) in [5.41, 5.74) is 8.25. The summed E-state index contributed by atoms with van der Waals surface area (Å²) in [5, 5.41) is 18.5. The van der Waals surface area contributed by atoms with Crippen LogP contribution in [0.15, 0.2) is 48.7 Å². The van der Waals surface area contributed by atoms with Gasteiger partial charge in [-0.3, -0.25) is 0 Å². The summed E-state index contributed by atoms with van der Waals surface area (Å²) >= 11 is 5.93. The fourth-order valence-electron chi connectivity index (χ4n) is 1.89.